The van der Waals surface area contributed by atoms with Crippen LogP contribution in [0, 0.1) is 0 Å². The Morgan fingerprint density at radius 3 is 2.47 bits per heavy atom. The second kappa shape index (κ2) is 7.79. The number of hydrogen-bond donors (Lipinski definition) is 0. The number of benzene rings is 2. The van der Waals surface area contributed by atoms with Gasteiger partial charge in [-0.15, -0.1) is 0 Å². The summed E-state index contributed by atoms with van der Waals surface area (Å²) < 4.78 is 7.69. The van der Waals surface area contributed by atoms with Gasteiger partial charge < -0.3 is 4.74 Å². The first-order valence-electron chi connectivity index (χ1n) is 11.2. The van der Waals surface area contributed by atoms with Crippen molar-refractivity contribution in [3.8, 4) is 22.7 Å². The van der Waals surface area contributed by atoms with E-state index in [-0.39, 0.29) is 0 Å². The Morgan fingerprint density at radius 1 is 0.938 bits per heavy atom. The molecule has 0 radical (unpaired) electrons. The summed E-state index contributed by atoms with van der Waals surface area (Å²) in [5.41, 5.74) is 8.17. The van der Waals surface area contributed by atoms with Gasteiger partial charge in [-0.25, -0.2) is 4.68 Å². The van der Waals surface area contributed by atoms with Gasteiger partial charge in [0.2, 0.25) is 0 Å². The number of halogens is 1. The molecule has 0 aliphatic heterocycles. The van der Waals surface area contributed by atoms with Crippen LogP contribution in [-0.2, 0) is 12.8 Å². The van der Waals surface area contributed by atoms with E-state index in [0.29, 0.717) is 11.8 Å². The van der Waals surface area contributed by atoms with Crippen LogP contribution in [0.15, 0.2) is 66.9 Å². The average molecular weight is 442 g/mol. The standard InChI is InChI=1S/C27H24ClN3O/c1-32-26-5-3-2-4-25(26)31-27(18-8-11-21(28)12-9-18)22-14-20(15-24(22)30-31)19-10-13-23(29-16-19)17-6-7-17/h2-5,8-13,16-17,20H,6-7,14-15H2,1H3. The predicted molar refractivity (Wildman–Crippen MR) is 127 cm³/mol. The van der Waals surface area contributed by atoms with E-state index in [2.05, 4.69) is 36.5 Å². The highest BCUT2D eigenvalue weighted by molar-refractivity contribution is 6.30. The van der Waals surface area contributed by atoms with Crippen LogP contribution in [-0.4, -0.2) is 21.9 Å². The summed E-state index contributed by atoms with van der Waals surface area (Å²) in [4.78, 5) is 4.75. The number of fused-ring (bicyclic) bond motifs is 1. The maximum Gasteiger partial charge on any atom is 0.144 e. The molecule has 1 atom stereocenters. The number of rotatable bonds is 5. The zero-order valence-electron chi connectivity index (χ0n) is 18.0. The molecule has 2 aliphatic rings. The molecular formula is C27H24ClN3O. The molecule has 0 saturated heterocycles. The topological polar surface area (TPSA) is 39.9 Å². The highest BCUT2D eigenvalue weighted by atomic mass is 35.5. The quantitative estimate of drug-likeness (QED) is 0.362. The first-order chi connectivity index (χ1) is 15.7. The highest BCUT2D eigenvalue weighted by Crippen LogP contribution is 2.43. The van der Waals surface area contributed by atoms with E-state index in [1.807, 2.05) is 35.0 Å². The van der Waals surface area contributed by atoms with Gasteiger partial charge in [0.1, 0.15) is 11.4 Å². The molecule has 160 valence electrons. The van der Waals surface area contributed by atoms with E-state index in [1.54, 1.807) is 7.11 Å². The van der Waals surface area contributed by atoms with E-state index in [1.165, 1.54) is 29.7 Å². The van der Waals surface area contributed by atoms with Crippen molar-refractivity contribution in [1.82, 2.24) is 14.8 Å². The van der Waals surface area contributed by atoms with Crippen molar-refractivity contribution in [2.45, 2.75) is 37.5 Å². The van der Waals surface area contributed by atoms with Crippen LogP contribution in [0.4, 0.5) is 0 Å². The number of ether oxygens (including phenoxy) is 1. The lowest BCUT2D eigenvalue weighted by molar-refractivity contribution is 0.411. The Hall–Kier alpha value is -3.11. The molecular weight excluding hydrogens is 418 g/mol. The number of nitrogens with zero attached hydrogens (tertiary/aromatic N) is 3. The van der Waals surface area contributed by atoms with Crippen LogP contribution in [0.2, 0.25) is 5.02 Å². The smallest absolute Gasteiger partial charge is 0.144 e. The number of para-hydroxylation sites is 2. The molecule has 1 unspecified atom stereocenters. The predicted octanol–water partition coefficient (Wildman–Crippen LogP) is 6.36. The van der Waals surface area contributed by atoms with Crippen LogP contribution in [0.1, 0.15) is 47.2 Å². The summed E-state index contributed by atoms with van der Waals surface area (Å²) in [5.74, 6) is 1.90. The molecule has 1 saturated carbocycles. The van der Waals surface area contributed by atoms with Crippen LogP contribution in [0.5, 0.6) is 5.75 Å². The molecule has 2 heterocycles. The minimum Gasteiger partial charge on any atom is -0.494 e. The van der Waals surface area contributed by atoms with Crippen molar-refractivity contribution in [3.63, 3.8) is 0 Å². The van der Waals surface area contributed by atoms with Crippen molar-refractivity contribution in [2.75, 3.05) is 7.11 Å². The van der Waals surface area contributed by atoms with Crippen molar-refractivity contribution >= 4 is 11.6 Å². The summed E-state index contributed by atoms with van der Waals surface area (Å²) in [5, 5.41) is 5.81. The van der Waals surface area contributed by atoms with Gasteiger partial charge in [-0.05, 0) is 67.5 Å². The normalized spacial score (nSPS) is 17.4. The molecule has 0 spiro atoms. The molecule has 0 N–H and O–H groups in total. The summed E-state index contributed by atoms with van der Waals surface area (Å²) in [7, 11) is 1.70. The number of pyridine rings is 1. The molecule has 2 aromatic heterocycles. The van der Waals surface area contributed by atoms with Gasteiger partial charge in [-0.1, -0.05) is 41.9 Å². The molecule has 0 amide bonds. The molecule has 4 aromatic rings. The van der Waals surface area contributed by atoms with Crippen LogP contribution in [0.25, 0.3) is 16.9 Å². The van der Waals surface area contributed by atoms with E-state index < -0.39 is 0 Å². The van der Waals surface area contributed by atoms with Gasteiger partial charge in [0, 0.05) is 34.0 Å². The Kier molecular flexibility index (Phi) is 4.76. The Labute approximate surface area is 192 Å². The third-order valence-electron chi connectivity index (χ3n) is 6.66. The molecule has 1 fully saturated rings. The lowest BCUT2D eigenvalue weighted by Gasteiger charge is -2.15. The summed E-state index contributed by atoms with van der Waals surface area (Å²) in [6, 6.07) is 20.6. The van der Waals surface area contributed by atoms with Crippen LogP contribution < -0.4 is 4.74 Å². The average Bonchev–Trinajstić information content (AvgIpc) is 3.51. The van der Waals surface area contributed by atoms with Crippen molar-refractivity contribution < 1.29 is 4.74 Å². The second-order valence-electron chi connectivity index (χ2n) is 8.76. The summed E-state index contributed by atoms with van der Waals surface area (Å²) in [6.45, 7) is 0. The lowest BCUT2D eigenvalue weighted by Crippen LogP contribution is -2.06. The van der Waals surface area contributed by atoms with Crippen molar-refractivity contribution in [3.05, 3.63) is 94.4 Å². The van der Waals surface area contributed by atoms with Crippen molar-refractivity contribution in [1.29, 1.82) is 0 Å². The van der Waals surface area contributed by atoms with E-state index in [9.17, 15) is 0 Å². The first kappa shape index (κ1) is 19.6. The number of methoxy groups -OCH3 is 1. The molecule has 4 nitrogen and oxygen atoms in total. The largest absolute Gasteiger partial charge is 0.494 e. The monoisotopic (exact) mass is 441 g/mol. The zero-order valence-corrected chi connectivity index (χ0v) is 18.7. The first-order valence-corrected chi connectivity index (χ1v) is 11.5. The third kappa shape index (κ3) is 3.39. The number of hydrogen-bond acceptors (Lipinski definition) is 3. The van der Waals surface area contributed by atoms with Gasteiger partial charge in [-0.2, -0.15) is 5.10 Å². The van der Waals surface area contributed by atoms with Crippen LogP contribution >= 0.6 is 11.6 Å². The fourth-order valence-electron chi connectivity index (χ4n) is 4.82. The third-order valence-corrected chi connectivity index (χ3v) is 6.92. The lowest BCUT2D eigenvalue weighted by atomic mass is 9.96. The van der Waals surface area contributed by atoms with Gasteiger partial charge in [0.25, 0.3) is 0 Å². The van der Waals surface area contributed by atoms with Gasteiger partial charge in [0.05, 0.1) is 18.5 Å². The fourth-order valence-corrected chi connectivity index (χ4v) is 4.95. The summed E-state index contributed by atoms with van der Waals surface area (Å²) in [6.07, 6.45) is 6.52. The minimum absolute atomic E-state index is 0.409. The fraction of sp³-hybridized carbons (Fsp3) is 0.259. The molecule has 2 aromatic carbocycles. The number of aromatic nitrogens is 3. The summed E-state index contributed by atoms with van der Waals surface area (Å²) >= 11 is 6.19. The van der Waals surface area contributed by atoms with Crippen molar-refractivity contribution in [2.24, 2.45) is 0 Å². The molecule has 6 rings (SSSR count). The molecule has 0 bridgehead atoms. The van der Waals surface area contributed by atoms with E-state index >= 15 is 0 Å². The second-order valence-corrected chi connectivity index (χ2v) is 9.20. The van der Waals surface area contributed by atoms with E-state index in [0.717, 1.165) is 46.3 Å². The minimum atomic E-state index is 0.409. The van der Waals surface area contributed by atoms with Gasteiger partial charge in [-0.3, -0.25) is 4.98 Å². The van der Waals surface area contributed by atoms with Gasteiger partial charge in [0.15, 0.2) is 0 Å². The van der Waals surface area contributed by atoms with E-state index in [4.69, 9.17) is 26.4 Å². The Morgan fingerprint density at radius 2 is 1.75 bits per heavy atom. The Bertz CT molecular complexity index is 1270. The molecule has 32 heavy (non-hydrogen) atoms. The van der Waals surface area contributed by atoms with Gasteiger partial charge >= 0.3 is 0 Å². The zero-order chi connectivity index (χ0) is 21.7. The Balaban J connectivity index is 1.42. The molecule has 5 heteroatoms. The maximum atomic E-state index is 6.19. The highest BCUT2D eigenvalue weighted by Gasteiger charge is 2.32. The van der Waals surface area contributed by atoms with Crippen LogP contribution in [0.3, 0.4) is 0 Å². The maximum absolute atomic E-state index is 6.19. The molecule has 2 aliphatic carbocycles. The SMILES string of the molecule is COc1ccccc1-n1nc2c(c1-c1ccc(Cl)cc1)CC(c1ccc(C3CC3)nc1)C2.